The molecule has 2 N–H and O–H groups in total. The van der Waals surface area contributed by atoms with E-state index < -0.39 is 0 Å². The van der Waals surface area contributed by atoms with Crippen LogP contribution >= 0.6 is 23.1 Å². The Bertz CT molecular complexity index is 209. The summed E-state index contributed by atoms with van der Waals surface area (Å²) in [6.45, 7) is 2.21. The number of nitrogens with two attached hydrogens (primary N) is 1. The zero-order valence-electron chi connectivity index (χ0n) is 8.03. The molecule has 13 heavy (non-hydrogen) atoms. The van der Waals surface area contributed by atoms with Gasteiger partial charge < -0.3 is 5.73 Å². The van der Waals surface area contributed by atoms with E-state index in [2.05, 4.69) is 24.4 Å². The van der Waals surface area contributed by atoms with Gasteiger partial charge in [0.25, 0.3) is 0 Å². The first-order valence-electron chi connectivity index (χ1n) is 4.68. The Kier molecular flexibility index (Phi) is 5.51. The van der Waals surface area contributed by atoms with E-state index in [1.165, 1.54) is 17.1 Å². The maximum Gasteiger partial charge on any atom is 0.0179 e. The summed E-state index contributed by atoms with van der Waals surface area (Å²) < 4.78 is 0. The monoisotopic (exact) mass is 215 g/mol. The largest absolute Gasteiger partial charge is 0.327 e. The number of hydrogen-bond acceptors (Lipinski definition) is 3. The molecule has 1 nitrogen and oxygen atoms in total. The minimum atomic E-state index is 0.329. The lowest BCUT2D eigenvalue weighted by atomic mass is 10.2. The zero-order valence-corrected chi connectivity index (χ0v) is 9.66. The number of thiophene rings is 1. The highest BCUT2D eigenvalue weighted by atomic mass is 32.2. The molecule has 1 rings (SSSR count). The van der Waals surface area contributed by atoms with E-state index in [-0.39, 0.29) is 0 Å². The molecule has 0 aliphatic heterocycles. The lowest BCUT2D eigenvalue weighted by Crippen LogP contribution is -2.25. The van der Waals surface area contributed by atoms with Crippen LogP contribution in [-0.4, -0.2) is 17.5 Å². The molecular formula is C10H17NS2. The van der Waals surface area contributed by atoms with Gasteiger partial charge in [-0.3, -0.25) is 0 Å². The molecule has 74 valence electrons. The Morgan fingerprint density at radius 1 is 1.62 bits per heavy atom. The van der Waals surface area contributed by atoms with Crippen molar-refractivity contribution in [2.45, 2.75) is 25.8 Å². The van der Waals surface area contributed by atoms with Crippen LogP contribution in [0.2, 0.25) is 0 Å². The fourth-order valence-corrected chi connectivity index (χ4v) is 2.80. The van der Waals surface area contributed by atoms with Crippen LogP contribution in [0.15, 0.2) is 17.5 Å². The van der Waals surface area contributed by atoms with Crippen molar-refractivity contribution >= 4 is 23.1 Å². The first-order chi connectivity index (χ1) is 6.33. The minimum absolute atomic E-state index is 0.329. The summed E-state index contributed by atoms with van der Waals surface area (Å²) in [5.74, 6) is 2.32. The Labute approximate surface area is 88.7 Å². The normalized spacial score (nSPS) is 13.1. The third kappa shape index (κ3) is 4.69. The van der Waals surface area contributed by atoms with Crippen molar-refractivity contribution in [2.24, 2.45) is 5.73 Å². The van der Waals surface area contributed by atoms with Gasteiger partial charge in [0.15, 0.2) is 0 Å². The van der Waals surface area contributed by atoms with Crippen LogP contribution in [0.1, 0.15) is 18.2 Å². The molecule has 1 unspecified atom stereocenters. The molecule has 0 radical (unpaired) electrons. The van der Waals surface area contributed by atoms with Crippen molar-refractivity contribution in [1.82, 2.24) is 0 Å². The fraction of sp³-hybridized carbons (Fsp3) is 0.600. The average molecular weight is 215 g/mol. The van der Waals surface area contributed by atoms with E-state index in [0.717, 1.165) is 12.2 Å². The third-order valence-electron chi connectivity index (χ3n) is 1.72. The summed E-state index contributed by atoms with van der Waals surface area (Å²) in [7, 11) is 0. The molecule has 0 amide bonds. The van der Waals surface area contributed by atoms with Crippen molar-refractivity contribution in [3.05, 3.63) is 22.4 Å². The Balaban J connectivity index is 2.14. The van der Waals surface area contributed by atoms with Gasteiger partial charge in [0.05, 0.1) is 0 Å². The predicted molar refractivity (Wildman–Crippen MR) is 63.6 cm³/mol. The van der Waals surface area contributed by atoms with Crippen LogP contribution in [0.3, 0.4) is 0 Å². The minimum Gasteiger partial charge on any atom is -0.327 e. The SMILES string of the molecule is CCCSCC(N)Cc1cccs1. The Hall–Kier alpha value is 0.01000. The average Bonchev–Trinajstić information content (AvgIpc) is 2.57. The van der Waals surface area contributed by atoms with E-state index in [1.54, 1.807) is 11.3 Å². The molecule has 0 saturated heterocycles. The highest BCUT2D eigenvalue weighted by Gasteiger charge is 2.04. The zero-order chi connectivity index (χ0) is 9.52. The second-order valence-corrected chi connectivity index (χ2v) is 5.30. The van der Waals surface area contributed by atoms with Crippen LogP contribution < -0.4 is 5.73 Å². The summed E-state index contributed by atoms with van der Waals surface area (Å²) in [4.78, 5) is 1.41. The van der Waals surface area contributed by atoms with E-state index in [4.69, 9.17) is 5.73 Å². The summed E-state index contributed by atoms with van der Waals surface area (Å²) >= 11 is 3.76. The molecule has 0 fully saturated rings. The smallest absolute Gasteiger partial charge is 0.0179 e. The van der Waals surface area contributed by atoms with Crippen molar-refractivity contribution in [3.8, 4) is 0 Å². The van der Waals surface area contributed by atoms with Crippen molar-refractivity contribution in [3.63, 3.8) is 0 Å². The number of hydrogen-bond donors (Lipinski definition) is 1. The standard InChI is InChI=1S/C10H17NS2/c1-2-5-12-8-9(11)7-10-4-3-6-13-10/h3-4,6,9H,2,5,7-8,11H2,1H3. The van der Waals surface area contributed by atoms with Crippen molar-refractivity contribution < 1.29 is 0 Å². The fourth-order valence-electron chi connectivity index (χ4n) is 1.13. The van der Waals surface area contributed by atoms with Crippen LogP contribution in [0.5, 0.6) is 0 Å². The summed E-state index contributed by atoms with van der Waals surface area (Å²) in [5, 5.41) is 2.11. The first-order valence-corrected chi connectivity index (χ1v) is 6.72. The number of rotatable bonds is 6. The van der Waals surface area contributed by atoms with E-state index >= 15 is 0 Å². The highest BCUT2D eigenvalue weighted by Crippen LogP contribution is 2.12. The Morgan fingerprint density at radius 3 is 3.08 bits per heavy atom. The predicted octanol–water partition coefficient (Wildman–Crippen LogP) is 2.76. The maximum atomic E-state index is 5.99. The third-order valence-corrected chi connectivity index (χ3v) is 3.98. The highest BCUT2D eigenvalue weighted by molar-refractivity contribution is 7.99. The summed E-state index contributed by atoms with van der Waals surface area (Å²) in [6.07, 6.45) is 2.28. The molecule has 0 aliphatic rings. The van der Waals surface area contributed by atoms with E-state index in [0.29, 0.717) is 6.04 Å². The van der Waals surface area contributed by atoms with Crippen LogP contribution in [-0.2, 0) is 6.42 Å². The topological polar surface area (TPSA) is 26.0 Å². The van der Waals surface area contributed by atoms with E-state index in [9.17, 15) is 0 Å². The second kappa shape index (κ2) is 6.46. The molecule has 1 atom stereocenters. The molecule has 3 heteroatoms. The van der Waals surface area contributed by atoms with Gasteiger partial charge in [0, 0.05) is 16.7 Å². The van der Waals surface area contributed by atoms with Gasteiger partial charge in [-0.05, 0) is 30.0 Å². The molecule has 0 aromatic carbocycles. The lowest BCUT2D eigenvalue weighted by molar-refractivity contribution is 0.757. The molecular weight excluding hydrogens is 198 g/mol. The van der Waals surface area contributed by atoms with Gasteiger partial charge in [0.1, 0.15) is 0 Å². The quantitative estimate of drug-likeness (QED) is 0.738. The molecule has 1 aromatic rings. The molecule has 1 heterocycles. The van der Waals surface area contributed by atoms with Crippen LogP contribution in [0, 0.1) is 0 Å². The van der Waals surface area contributed by atoms with Gasteiger partial charge >= 0.3 is 0 Å². The van der Waals surface area contributed by atoms with E-state index in [1.807, 2.05) is 11.8 Å². The van der Waals surface area contributed by atoms with Crippen molar-refractivity contribution in [1.29, 1.82) is 0 Å². The maximum absolute atomic E-state index is 5.99. The number of thioether (sulfide) groups is 1. The van der Waals surface area contributed by atoms with Gasteiger partial charge in [-0.2, -0.15) is 11.8 Å². The van der Waals surface area contributed by atoms with Crippen molar-refractivity contribution in [2.75, 3.05) is 11.5 Å². The molecule has 0 bridgehead atoms. The first kappa shape index (κ1) is 11.1. The van der Waals surface area contributed by atoms with Crippen LogP contribution in [0.4, 0.5) is 0 Å². The van der Waals surface area contributed by atoms with Gasteiger partial charge in [-0.25, -0.2) is 0 Å². The van der Waals surface area contributed by atoms with Gasteiger partial charge in [-0.1, -0.05) is 13.0 Å². The summed E-state index contributed by atoms with van der Waals surface area (Å²) in [5.41, 5.74) is 5.99. The molecule has 0 saturated carbocycles. The molecule has 0 aliphatic carbocycles. The lowest BCUT2D eigenvalue weighted by Gasteiger charge is -2.08. The van der Waals surface area contributed by atoms with Gasteiger partial charge in [0.2, 0.25) is 0 Å². The molecule has 0 spiro atoms. The van der Waals surface area contributed by atoms with Gasteiger partial charge in [-0.15, -0.1) is 11.3 Å². The van der Waals surface area contributed by atoms with Crippen LogP contribution in [0.25, 0.3) is 0 Å². The molecule has 1 aromatic heterocycles. The summed E-state index contributed by atoms with van der Waals surface area (Å²) in [6, 6.07) is 4.58. The Morgan fingerprint density at radius 2 is 2.46 bits per heavy atom. The second-order valence-electron chi connectivity index (χ2n) is 3.12.